The number of carbonyl (C=O) groups excluding carboxylic acids is 1. The van der Waals surface area contributed by atoms with E-state index in [1.807, 2.05) is 6.92 Å². The smallest absolute Gasteiger partial charge is 0.135 e. The minimum Gasteiger partial charge on any atom is -0.396 e. The van der Waals surface area contributed by atoms with Crippen molar-refractivity contribution in [1.29, 1.82) is 0 Å². The van der Waals surface area contributed by atoms with Gasteiger partial charge in [-0.2, -0.15) is 0 Å². The summed E-state index contributed by atoms with van der Waals surface area (Å²) in [6, 6.07) is 0. The van der Waals surface area contributed by atoms with Gasteiger partial charge in [0.2, 0.25) is 0 Å². The van der Waals surface area contributed by atoms with Gasteiger partial charge in [-0.3, -0.25) is 4.79 Å². The molecule has 0 aromatic heterocycles. The molecule has 0 spiro atoms. The van der Waals surface area contributed by atoms with Crippen LogP contribution in [0.15, 0.2) is 0 Å². The lowest BCUT2D eigenvalue weighted by molar-refractivity contribution is -0.124. The molecule has 1 fully saturated rings. The van der Waals surface area contributed by atoms with Gasteiger partial charge in [-0.15, -0.1) is 0 Å². The fraction of sp³-hybridized carbons (Fsp3) is 0.909. The van der Waals surface area contributed by atoms with Crippen LogP contribution in [0.3, 0.4) is 0 Å². The maximum Gasteiger partial charge on any atom is 0.135 e. The second kappa shape index (κ2) is 4.75. The van der Waals surface area contributed by atoms with Crippen molar-refractivity contribution in [3.8, 4) is 0 Å². The fourth-order valence-electron chi connectivity index (χ4n) is 2.25. The lowest BCUT2D eigenvalue weighted by Crippen LogP contribution is -2.29. The highest BCUT2D eigenvalue weighted by atomic mass is 16.3. The molecular weight excluding hydrogens is 164 g/mol. The summed E-state index contributed by atoms with van der Waals surface area (Å²) in [6.07, 6.45) is 3.69. The molecule has 0 aliphatic heterocycles. The number of ketones is 1. The van der Waals surface area contributed by atoms with E-state index in [4.69, 9.17) is 5.11 Å². The normalized spacial score (nSPS) is 34.5. The molecule has 0 aromatic carbocycles. The quantitative estimate of drug-likeness (QED) is 0.728. The molecule has 2 nitrogen and oxygen atoms in total. The van der Waals surface area contributed by atoms with E-state index >= 15 is 0 Å². The van der Waals surface area contributed by atoms with Crippen LogP contribution in [0, 0.1) is 17.8 Å². The molecule has 0 radical (unpaired) electrons. The maximum atomic E-state index is 11.5. The predicted octanol–water partition coefficient (Wildman–Crippen LogP) is 2.01. The van der Waals surface area contributed by atoms with Gasteiger partial charge >= 0.3 is 0 Å². The second-order valence-electron chi connectivity index (χ2n) is 4.25. The van der Waals surface area contributed by atoms with Gasteiger partial charge in [-0.05, 0) is 31.1 Å². The van der Waals surface area contributed by atoms with Crippen LogP contribution < -0.4 is 0 Å². The number of rotatable bonds is 3. The van der Waals surface area contributed by atoms with Crippen molar-refractivity contribution in [1.82, 2.24) is 0 Å². The Balaban J connectivity index is 2.49. The fourth-order valence-corrected chi connectivity index (χ4v) is 2.25. The van der Waals surface area contributed by atoms with Gasteiger partial charge in [0.05, 0.1) is 0 Å². The van der Waals surface area contributed by atoms with Crippen molar-refractivity contribution in [3.05, 3.63) is 0 Å². The predicted molar refractivity (Wildman–Crippen MR) is 52.4 cm³/mol. The largest absolute Gasteiger partial charge is 0.396 e. The van der Waals surface area contributed by atoms with E-state index in [-0.39, 0.29) is 12.5 Å². The first-order valence-electron chi connectivity index (χ1n) is 5.32. The molecule has 76 valence electrons. The van der Waals surface area contributed by atoms with Crippen LogP contribution in [0.1, 0.15) is 39.5 Å². The Morgan fingerprint density at radius 2 is 2.15 bits per heavy atom. The number of aliphatic hydroxyl groups excluding tert-OH is 1. The summed E-state index contributed by atoms with van der Waals surface area (Å²) in [5, 5.41) is 9.12. The van der Waals surface area contributed by atoms with Crippen molar-refractivity contribution in [3.63, 3.8) is 0 Å². The summed E-state index contributed by atoms with van der Waals surface area (Å²) in [7, 11) is 0. The Kier molecular flexibility index (Phi) is 3.91. The number of hydrogen-bond donors (Lipinski definition) is 1. The molecule has 1 aliphatic rings. The van der Waals surface area contributed by atoms with Gasteiger partial charge in [-0.25, -0.2) is 0 Å². The highest BCUT2D eigenvalue weighted by molar-refractivity contribution is 5.80. The third-order valence-electron chi connectivity index (χ3n) is 3.40. The topological polar surface area (TPSA) is 37.3 Å². The van der Waals surface area contributed by atoms with Crippen LogP contribution in [0.25, 0.3) is 0 Å². The van der Waals surface area contributed by atoms with Crippen molar-refractivity contribution < 1.29 is 9.90 Å². The molecular formula is C11H20O2. The average molecular weight is 184 g/mol. The Morgan fingerprint density at radius 3 is 2.69 bits per heavy atom. The monoisotopic (exact) mass is 184 g/mol. The van der Waals surface area contributed by atoms with Gasteiger partial charge in [0.1, 0.15) is 5.78 Å². The van der Waals surface area contributed by atoms with E-state index in [9.17, 15) is 4.79 Å². The molecule has 2 heteroatoms. The van der Waals surface area contributed by atoms with E-state index in [0.717, 1.165) is 19.3 Å². The number of aliphatic hydroxyl groups is 1. The SMILES string of the molecule is CCC(=O)[C@H]1CCC(C)C(CO)C1. The van der Waals surface area contributed by atoms with Gasteiger partial charge in [0.15, 0.2) is 0 Å². The second-order valence-corrected chi connectivity index (χ2v) is 4.25. The summed E-state index contributed by atoms with van der Waals surface area (Å²) >= 11 is 0. The standard InChI is InChI=1S/C11H20O2/c1-3-11(13)9-5-4-8(2)10(6-9)7-12/h8-10,12H,3-7H2,1-2H3/t8?,9-,10?/m0/s1. The maximum absolute atomic E-state index is 11.5. The Hall–Kier alpha value is -0.370. The highest BCUT2D eigenvalue weighted by Gasteiger charge is 2.30. The van der Waals surface area contributed by atoms with E-state index < -0.39 is 0 Å². The molecule has 0 amide bonds. The van der Waals surface area contributed by atoms with Crippen LogP contribution >= 0.6 is 0 Å². The third kappa shape index (κ3) is 2.53. The van der Waals surface area contributed by atoms with Crippen molar-refractivity contribution in [2.24, 2.45) is 17.8 Å². The average Bonchev–Trinajstić information content (AvgIpc) is 2.17. The van der Waals surface area contributed by atoms with E-state index in [1.165, 1.54) is 0 Å². The Bertz CT molecular complexity index is 177. The van der Waals surface area contributed by atoms with Crippen LogP contribution in [0.2, 0.25) is 0 Å². The Labute approximate surface area is 80.3 Å². The van der Waals surface area contributed by atoms with Crippen LogP contribution in [0.4, 0.5) is 0 Å². The third-order valence-corrected chi connectivity index (χ3v) is 3.40. The van der Waals surface area contributed by atoms with Gasteiger partial charge < -0.3 is 5.11 Å². The number of carbonyl (C=O) groups is 1. The lowest BCUT2D eigenvalue weighted by atomic mass is 9.73. The van der Waals surface area contributed by atoms with Gasteiger partial charge in [-0.1, -0.05) is 13.8 Å². The first kappa shape index (κ1) is 10.7. The molecule has 0 saturated heterocycles. The molecule has 3 atom stereocenters. The van der Waals surface area contributed by atoms with E-state index in [1.54, 1.807) is 0 Å². The molecule has 1 aliphatic carbocycles. The molecule has 13 heavy (non-hydrogen) atoms. The molecule has 2 unspecified atom stereocenters. The van der Waals surface area contributed by atoms with Crippen molar-refractivity contribution >= 4 is 5.78 Å². The van der Waals surface area contributed by atoms with Crippen molar-refractivity contribution in [2.45, 2.75) is 39.5 Å². The first-order valence-corrected chi connectivity index (χ1v) is 5.32. The molecule has 0 bridgehead atoms. The summed E-state index contributed by atoms with van der Waals surface area (Å²) < 4.78 is 0. The first-order chi connectivity index (χ1) is 6.19. The van der Waals surface area contributed by atoms with Crippen molar-refractivity contribution in [2.75, 3.05) is 6.61 Å². The highest BCUT2D eigenvalue weighted by Crippen LogP contribution is 2.34. The van der Waals surface area contributed by atoms with E-state index in [2.05, 4.69) is 6.92 Å². The summed E-state index contributed by atoms with van der Waals surface area (Å²) in [5.41, 5.74) is 0. The van der Waals surface area contributed by atoms with Crippen LogP contribution in [-0.2, 0) is 4.79 Å². The molecule has 0 aromatic rings. The minimum absolute atomic E-state index is 0.235. The number of Topliss-reactive ketones (excluding diaryl/α,β-unsaturated/α-hetero) is 1. The number of hydrogen-bond acceptors (Lipinski definition) is 2. The van der Waals surface area contributed by atoms with Crippen LogP contribution in [0.5, 0.6) is 0 Å². The van der Waals surface area contributed by atoms with E-state index in [0.29, 0.717) is 24.0 Å². The zero-order chi connectivity index (χ0) is 9.84. The molecule has 1 rings (SSSR count). The Morgan fingerprint density at radius 1 is 1.46 bits per heavy atom. The van der Waals surface area contributed by atoms with Gasteiger partial charge in [0.25, 0.3) is 0 Å². The molecule has 1 N–H and O–H groups in total. The van der Waals surface area contributed by atoms with Crippen LogP contribution in [-0.4, -0.2) is 17.5 Å². The molecule has 1 saturated carbocycles. The zero-order valence-electron chi connectivity index (χ0n) is 8.62. The zero-order valence-corrected chi connectivity index (χ0v) is 8.62. The summed E-state index contributed by atoms with van der Waals surface area (Å²) in [6.45, 7) is 4.34. The van der Waals surface area contributed by atoms with Gasteiger partial charge in [0, 0.05) is 18.9 Å². The molecule has 0 heterocycles. The minimum atomic E-state index is 0.235. The summed E-state index contributed by atoms with van der Waals surface area (Å²) in [5.74, 6) is 1.56. The summed E-state index contributed by atoms with van der Waals surface area (Å²) in [4.78, 5) is 11.5. The lowest BCUT2D eigenvalue weighted by Gasteiger charge is -2.32.